The van der Waals surface area contributed by atoms with E-state index >= 15 is 0 Å². The third-order valence-electron chi connectivity index (χ3n) is 1.91. The highest BCUT2D eigenvalue weighted by molar-refractivity contribution is 6.31. The van der Waals surface area contributed by atoms with Crippen LogP contribution in [0.3, 0.4) is 0 Å². The van der Waals surface area contributed by atoms with Crippen molar-refractivity contribution in [3.63, 3.8) is 0 Å². The molecular formula is C10H11ClF3N. The fraction of sp³-hybridized carbons (Fsp3) is 0.400. The van der Waals surface area contributed by atoms with Crippen LogP contribution in [0.1, 0.15) is 18.1 Å². The maximum atomic E-state index is 12.4. The first-order chi connectivity index (χ1) is 6.80. The van der Waals surface area contributed by atoms with Gasteiger partial charge in [0.2, 0.25) is 0 Å². The Morgan fingerprint density at radius 2 is 2.00 bits per heavy atom. The number of hydrogen-bond donors (Lipinski definition) is 1. The monoisotopic (exact) mass is 237 g/mol. The van der Waals surface area contributed by atoms with E-state index in [1.54, 1.807) is 6.92 Å². The van der Waals surface area contributed by atoms with Gasteiger partial charge in [-0.2, -0.15) is 13.2 Å². The lowest BCUT2D eigenvalue weighted by Crippen LogP contribution is -2.18. The molecule has 1 rings (SSSR count). The summed E-state index contributed by atoms with van der Waals surface area (Å²) in [6.45, 7) is 1.72. The minimum absolute atomic E-state index is 0.217. The van der Waals surface area contributed by atoms with Crippen molar-refractivity contribution >= 4 is 11.6 Å². The number of rotatable bonds is 2. The van der Waals surface area contributed by atoms with Crippen LogP contribution in [0.4, 0.5) is 13.2 Å². The van der Waals surface area contributed by atoms with Crippen molar-refractivity contribution in [1.82, 2.24) is 0 Å². The Balaban J connectivity index is 3.06. The molecule has 0 spiro atoms. The Hall–Kier alpha value is -0.740. The normalized spacial score (nSPS) is 14.0. The second-order valence-electron chi connectivity index (χ2n) is 3.49. The van der Waals surface area contributed by atoms with Gasteiger partial charge in [-0.15, -0.1) is 0 Å². The molecule has 0 aliphatic carbocycles. The molecule has 5 heteroatoms. The molecule has 1 nitrogen and oxygen atoms in total. The van der Waals surface area contributed by atoms with Crippen molar-refractivity contribution < 1.29 is 13.2 Å². The van der Waals surface area contributed by atoms with Gasteiger partial charge in [-0.05, 0) is 37.1 Å². The SMILES string of the molecule is CC(N)Cc1cc(C(F)(F)F)ccc1Cl. The third-order valence-corrected chi connectivity index (χ3v) is 2.28. The van der Waals surface area contributed by atoms with E-state index in [-0.39, 0.29) is 6.04 Å². The molecule has 0 aliphatic rings. The highest BCUT2D eigenvalue weighted by atomic mass is 35.5. The van der Waals surface area contributed by atoms with Gasteiger partial charge in [-0.1, -0.05) is 11.6 Å². The number of nitrogens with two attached hydrogens (primary N) is 1. The van der Waals surface area contributed by atoms with Gasteiger partial charge < -0.3 is 5.73 Å². The zero-order valence-electron chi connectivity index (χ0n) is 8.11. The van der Waals surface area contributed by atoms with Crippen LogP contribution in [-0.4, -0.2) is 6.04 Å². The predicted molar refractivity (Wildman–Crippen MR) is 53.8 cm³/mol. The second kappa shape index (κ2) is 4.41. The molecule has 0 bridgehead atoms. The van der Waals surface area contributed by atoms with E-state index < -0.39 is 11.7 Å². The predicted octanol–water partition coefficient (Wildman–Crippen LogP) is 3.25. The molecule has 0 fully saturated rings. The van der Waals surface area contributed by atoms with Crippen molar-refractivity contribution in [3.8, 4) is 0 Å². The van der Waals surface area contributed by atoms with Crippen LogP contribution < -0.4 is 5.73 Å². The second-order valence-corrected chi connectivity index (χ2v) is 3.89. The zero-order valence-corrected chi connectivity index (χ0v) is 8.86. The summed E-state index contributed by atoms with van der Waals surface area (Å²) in [6.07, 6.45) is -4.00. The molecule has 84 valence electrons. The van der Waals surface area contributed by atoms with E-state index in [4.69, 9.17) is 17.3 Å². The quantitative estimate of drug-likeness (QED) is 0.840. The Morgan fingerprint density at radius 3 is 2.47 bits per heavy atom. The van der Waals surface area contributed by atoms with Gasteiger partial charge in [0.1, 0.15) is 0 Å². The van der Waals surface area contributed by atoms with E-state index in [2.05, 4.69) is 0 Å². The van der Waals surface area contributed by atoms with E-state index in [0.29, 0.717) is 17.0 Å². The summed E-state index contributed by atoms with van der Waals surface area (Å²) >= 11 is 5.77. The van der Waals surface area contributed by atoms with Crippen molar-refractivity contribution in [2.45, 2.75) is 25.6 Å². The van der Waals surface area contributed by atoms with Crippen molar-refractivity contribution in [3.05, 3.63) is 34.3 Å². The molecule has 0 radical (unpaired) electrons. The lowest BCUT2D eigenvalue weighted by Gasteiger charge is -2.11. The first-order valence-electron chi connectivity index (χ1n) is 4.42. The van der Waals surface area contributed by atoms with Gasteiger partial charge in [0, 0.05) is 11.1 Å². The molecule has 1 aromatic rings. The molecule has 0 aliphatic heterocycles. The van der Waals surface area contributed by atoms with E-state index in [9.17, 15) is 13.2 Å². The van der Waals surface area contributed by atoms with Crippen LogP contribution in [0.15, 0.2) is 18.2 Å². The number of alkyl halides is 3. The maximum absolute atomic E-state index is 12.4. The van der Waals surface area contributed by atoms with Gasteiger partial charge in [0.15, 0.2) is 0 Å². The third kappa shape index (κ3) is 3.39. The van der Waals surface area contributed by atoms with Crippen molar-refractivity contribution in [2.24, 2.45) is 5.73 Å². The molecule has 2 N–H and O–H groups in total. The molecule has 0 saturated carbocycles. The topological polar surface area (TPSA) is 26.0 Å². The lowest BCUT2D eigenvalue weighted by molar-refractivity contribution is -0.137. The summed E-state index contributed by atoms with van der Waals surface area (Å²) in [5.41, 5.74) is 5.25. The number of benzene rings is 1. The lowest BCUT2D eigenvalue weighted by atomic mass is 10.0. The van der Waals surface area contributed by atoms with Gasteiger partial charge in [0.25, 0.3) is 0 Å². The van der Waals surface area contributed by atoms with Crippen molar-refractivity contribution in [1.29, 1.82) is 0 Å². The smallest absolute Gasteiger partial charge is 0.328 e. The van der Waals surface area contributed by atoms with E-state index in [1.165, 1.54) is 6.07 Å². The van der Waals surface area contributed by atoms with Crippen LogP contribution in [0.25, 0.3) is 0 Å². The molecule has 0 amide bonds. The van der Waals surface area contributed by atoms with Crippen molar-refractivity contribution in [2.75, 3.05) is 0 Å². The molecular weight excluding hydrogens is 227 g/mol. The highest BCUT2D eigenvalue weighted by Gasteiger charge is 2.30. The fourth-order valence-corrected chi connectivity index (χ4v) is 1.45. The van der Waals surface area contributed by atoms with Gasteiger partial charge in [-0.3, -0.25) is 0 Å². The molecule has 15 heavy (non-hydrogen) atoms. The zero-order chi connectivity index (χ0) is 11.6. The largest absolute Gasteiger partial charge is 0.416 e. The van der Waals surface area contributed by atoms with Gasteiger partial charge in [-0.25, -0.2) is 0 Å². The molecule has 0 aromatic heterocycles. The Bertz CT molecular complexity index is 347. The maximum Gasteiger partial charge on any atom is 0.416 e. The Labute approximate surface area is 91.0 Å². The van der Waals surface area contributed by atoms with E-state index in [0.717, 1.165) is 12.1 Å². The molecule has 1 atom stereocenters. The van der Waals surface area contributed by atoms with Crippen LogP contribution in [-0.2, 0) is 12.6 Å². The molecule has 0 heterocycles. The van der Waals surface area contributed by atoms with Crippen LogP contribution in [0.2, 0.25) is 5.02 Å². The summed E-state index contributed by atoms with van der Waals surface area (Å²) in [5, 5.41) is 0.320. The number of halogens is 4. The van der Waals surface area contributed by atoms with Crippen LogP contribution >= 0.6 is 11.6 Å². The molecule has 1 aromatic carbocycles. The van der Waals surface area contributed by atoms with Gasteiger partial charge in [0.05, 0.1) is 5.56 Å². The van der Waals surface area contributed by atoms with Crippen LogP contribution in [0, 0.1) is 0 Å². The minimum atomic E-state index is -4.34. The summed E-state index contributed by atoms with van der Waals surface area (Å²) in [6, 6.07) is 3.05. The average molecular weight is 238 g/mol. The first kappa shape index (κ1) is 12.3. The summed E-state index contributed by atoms with van der Waals surface area (Å²) in [4.78, 5) is 0. The summed E-state index contributed by atoms with van der Waals surface area (Å²) in [5.74, 6) is 0. The minimum Gasteiger partial charge on any atom is -0.328 e. The first-order valence-corrected chi connectivity index (χ1v) is 4.79. The summed E-state index contributed by atoms with van der Waals surface area (Å²) in [7, 11) is 0. The van der Waals surface area contributed by atoms with Crippen LogP contribution in [0.5, 0.6) is 0 Å². The Kier molecular flexibility index (Phi) is 3.62. The standard InChI is InChI=1S/C10H11ClF3N/c1-6(15)4-7-5-8(10(12,13)14)2-3-9(7)11/h2-3,5-6H,4,15H2,1H3. The molecule has 0 saturated heterocycles. The highest BCUT2D eigenvalue weighted by Crippen LogP contribution is 2.31. The fourth-order valence-electron chi connectivity index (χ4n) is 1.25. The molecule has 1 unspecified atom stereocenters. The Morgan fingerprint density at radius 1 is 1.40 bits per heavy atom. The van der Waals surface area contributed by atoms with E-state index in [1.807, 2.05) is 0 Å². The number of hydrogen-bond acceptors (Lipinski definition) is 1. The average Bonchev–Trinajstić information content (AvgIpc) is 2.06. The van der Waals surface area contributed by atoms with Gasteiger partial charge >= 0.3 is 6.18 Å². The summed E-state index contributed by atoms with van der Waals surface area (Å²) < 4.78 is 37.1.